The number of benzene rings is 3. The number of carbonyl (C=O) groups excluding carboxylic acids is 2. The molecule has 0 aromatic heterocycles. The Morgan fingerprint density at radius 2 is 1.60 bits per heavy atom. The van der Waals surface area contributed by atoms with Crippen molar-refractivity contribution in [1.82, 2.24) is 10.2 Å². The standard InChI is InChI=1S/C31H36F3N3O5S/c1-5-28(30(39)35-19-22(2)3)36(20-23-14-16-26(42-4)17-15-23)29(38)21-37(43(40,41)27-12-7-6-8-13-27)25-11-9-10-24(18-25)31(32,33)34/h6-18,22,28H,5,19-21H2,1-4H3,(H,35,39)/t28-/m1/s1. The van der Waals surface area contributed by atoms with Gasteiger partial charge in [0.2, 0.25) is 11.8 Å². The minimum Gasteiger partial charge on any atom is -0.497 e. The van der Waals surface area contributed by atoms with Crippen molar-refractivity contribution < 1.29 is 35.9 Å². The topological polar surface area (TPSA) is 96.0 Å². The minimum atomic E-state index is -4.75. The highest BCUT2D eigenvalue weighted by molar-refractivity contribution is 7.92. The molecule has 0 saturated carbocycles. The van der Waals surface area contributed by atoms with Crippen LogP contribution < -0.4 is 14.4 Å². The van der Waals surface area contributed by atoms with Gasteiger partial charge in [0.05, 0.1) is 23.3 Å². The fourth-order valence-corrected chi connectivity index (χ4v) is 5.78. The Labute approximate surface area is 250 Å². The van der Waals surface area contributed by atoms with Crippen molar-refractivity contribution >= 4 is 27.5 Å². The molecule has 0 aliphatic carbocycles. The highest BCUT2D eigenvalue weighted by Gasteiger charge is 2.36. The van der Waals surface area contributed by atoms with Gasteiger partial charge >= 0.3 is 6.18 Å². The summed E-state index contributed by atoms with van der Waals surface area (Å²) in [5, 5.41) is 2.83. The third-order valence-electron chi connectivity index (χ3n) is 6.65. The second kappa shape index (κ2) is 14.4. The monoisotopic (exact) mass is 619 g/mol. The number of nitrogens with zero attached hydrogens (tertiary/aromatic N) is 2. The summed E-state index contributed by atoms with van der Waals surface area (Å²) in [4.78, 5) is 28.4. The molecule has 0 heterocycles. The number of alkyl halides is 3. The number of rotatable bonds is 13. The van der Waals surface area contributed by atoms with Crippen LogP contribution in [0.1, 0.15) is 38.3 Å². The highest BCUT2D eigenvalue weighted by atomic mass is 32.2. The number of halogens is 3. The largest absolute Gasteiger partial charge is 0.497 e. The molecule has 0 radical (unpaired) electrons. The Morgan fingerprint density at radius 3 is 2.16 bits per heavy atom. The summed E-state index contributed by atoms with van der Waals surface area (Å²) < 4.78 is 74.3. The summed E-state index contributed by atoms with van der Waals surface area (Å²) in [5.74, 6) is -0.471. The number of methoxy groups -OCH3 is 1. The number of hydrogen-bond acceptors (Lipinski definition) is 5. The molecule has 3 rings (SSSR count). The van der Waals surface area contributed by atoms with Crippen LogP contribution in [0.5, 0.6) is 5.75 Å². The molecule has 2 amide bonds. The van der Waals surface area contributed by atoms with Gasteiger partial charge in [-0.2, -0.15) is 13.2 Å². The summed E-state index contributed by atoms with van der Waals surface area (Å²) >= 11 is 0. The van der Waals surface area contributed by atoms with E-state index in [2.05, 4.69) is 5.32 Å². The second-order valence-electron chi connectivity index (χ2n) is 10.3. The van der Waals surface area contributed by atoms with E-state index < -0.39 is 46.2 Å². The third kappa shape index (κ3) is 8.73. The maximum atomic E-state index is 14.1. The quantitative estimate of drug-likeness (QED) is 0.273. The van der Waals surface area contributed by atoms with Crippen LogP contribution in [0.4, 0.5) is 18.9 Å². The first kappa shape index (κ1) is 33.4. The zero-order valence-electron chi connectivity index (χ0n) is 24.5. The number of anilines is 1. The van der Waals surface area contributed by atoms with Crippen LogP contribution in [-0.2, 0) is 32.3 Å². The summed E-state index contributed by atoms with van der Waals surface area (Å²) in [5.41, 5.74) is -0.769. The van der Waals surface area contributed by atoms with Gasteiger partial charge in [-0.15, -0.1) is 0 Å². The van der Waals surface area contributed by atoms with E-state index in [9.17, 15) is 31.2 Å². The van der Waals surface area contributed by atoms with E-state index in [1.807, 2.05) is 13.8 Å². The molecule has 12 heteroatoms. The number of carbonyl (C=O) groups is 2. The molecule has 1 N–H and O–H groups in total. The van der Waals surface area contributed by atoms with Crippen LogP contribution in [0.15, 0.2) is 83.8 Å². The van der Waals surface area contributed by atoms with Crippen LogP contribution in [0.2, 0.25) is 0 Å². The van der Waals surface area contributed by atoms with Crippen molar-refractivity contribution in [3.05, 3.63) is 90.0 Å². The molecule has 0 bridgehead atoms. The van der Waals surface area contributed by atoms with Gasteiger partial charge in [0.25, 0.3) is 10.0 Å². The molecule has 0 saturated heterocycles. The normalized spacial score (nSPS) is 12.5. The molecule has 0 spiro atoms. The molecular weight excluding hydrogens is 583 g/mol. The van der Waals surface area contributed by atoms with E-state index in [1.54, 1.807) is 37.3 Å². The molecule has 43 heavy (non-hydrogen) atoms. The lowest BCUT2D eigenvalue weighted by Crippen LogP contribution is -2.52. The fourth-order valence-electron chi connectivity index (χ4n) is 4.36. The predicted molar refractivity (Wildman–Crippen MR) is 158 cm³/mol. The second-order valence-corrected chi connectivity index (χ2v) is 12.2. The van der Waals surface area contributed by atoms with Gasteiger partial charge in [0.1, 0.15) is 18.3 Å². The van der Waals surface area contributed by atoms with Crippen LogP contribution in [0.3, 0.4) is 0 Å². The first-order valence-electron chi connectivity index (χ1n) is 13.7. The Bertz CT molecular complexity index is 1480. The molecular formula is C31H36F3N3O5S. The number of amides is 2. The number of sulfonamides is 1. The van der Waals surface area contributed by atoms with Crippen LogP contribution in [0.25, 0.3) is 0 Å². The number of nitrogens with one attached hydrogen (secondary N) is 1. The average molecular weight is 620 g/mol. The zero-order chi connectivity index (χ0) is 31.8. The van der Waals surface area contributed by atoms with E-state index >= 15 is 0 Å². The number of hydrogen-bond donors (Lipinski definition) is 1. The van der Waals surface area contributed by atoms with E-state index in [0.29, 0.717) is 28.2 Å². The van der Waals surface area contributed by atoms with Crippen molar-refractivity contribution in [2.45, 2.75) is 50.9 Å². The fraction of sp³-hybridized carbons (Fsp3) is 0.355. The van der Waals surface area contributed by atoms with Crippen molar-refractivity contribution in [2.75, 3.05) is 24.5 Å². The Morgan fingerprint density at radius 1 is 0.953 bits per heavy atom. The summed E-state index contributed by atoms with van der Waals surface area (Å²) in [6, 6.07) is 16.7. The summed E-state index contributed by atoms with van der Waals surface area (Å²) in [6.07, 6.45) is -4.54. The van der Waals surface area contributed by atoms with Gasteiger partial charge in [0, 0.05) is 13.1 Å². The summed E-state index contributed by atoms with van der Waals surface area (Å²) in [6.45, 7) is 5.02. The van der Waals surface area contributed by atoms with E-state index in [0.717, 1.165) is 12.1 Å². The Balaban J connectivity index is 2.09. The van der Waals surface area contributed by atoms with Gasteiger partial charge in [-0.3, -0.25) is 13.9 Å². The van der Waals surface area contributed by atoms with Crippen LogP contribution in [-0.4, -0.2) is 51.4 Å². The molecule has 0 aliphatic rings. The lowest BCUT2D eigenvalue weighted by molar-refractivity contribution is -0.140. The van der Waals surface area contributed by atoms with Crippen molar-refractivity contribution in [1.29, 1.82) is 0 Å². The first-order valence-corrected chi connectivity index (χ1v) is 15.2. The average Bonchev–Trinajstić information content (AvgIpc) is 2.98. The molecule has 0 unspecified atom stereocenters. The molecule has 3 aromatic carbocycles. The van der Waals surface area contributed by atoms with Crippen molar-refractivity contribution in [3.8, 4) is 5.75 Å². The van der Waals surface area contributed by atoms with Gasteiger partial charge in [-0.1, -0.05) is 57.2 Å². The Hall–Kier alpha value is -4.06. The van der Waals surface area contributed by atoms with E-state index in [-0.39, 0.29) is 29.5 Å². The third-order valence-corrected chi connectivity index (χ3v) is 8.44. The lowest BCUT2D eigenvalue weighted by atomic mass is 10.1. The molecule has 3 aromatic rings. The lowest BCUT2D eigenvalue weighted by Gasteiger charge is -2.33. The maximum Gasteiger partial charge on any atom is 0.416 e. The molecule has 8 nitrogen and oxygen atoms in total. The first-order chi connectivity index (χ1) is 20.3. The zero-order valence-corrected chi connectivity index (χ0v) is 25.3. The van der Waals surface area contributed by atoms with Crippen LogP contribution in [0, 0.1) is 5.92 Å². The van der Waals surface area contributed by atoms with Gasteiger partial charge in [-0.25, -0.2) is 8.42 Å². The summed E-state index contributed by atoms with van der Waals surface area (Å²) in [7, 11) is -2.99. The predicted octanol–water partition coefficient (Wildman–Crippen LogP) is 5.49. The van der Waals surface area contributed by atoms with E-state index in [1.165, 1.54) is 42.3 Å². The van der Waals surface area contributed by atoms with E-state index in [4.69, 9.17) is 4.74 Å². The Kier molecular flexibility index (Phi) is 11.2. The molecule has 1 atom stereocenters. The van der Waals surface area contributed by atoms with Gasteiger partial charge < -0.3 is 15.0 Å². The molecule has 0 fully saturated rings. The van der Waals surface area contributed by atoms with Crippen LogP contribution >= 0.6 is 0 Å². The minimum absolute atomic E-state index is 0.0573. The number of ether oxygens (including phenoxy) is 1. The highest BCUT2D eigenvalue weighted by Crippen LogP contribution is 2.33. The van der Waals surface area contributed by atoms with Crippen molar-refractivity contribution in [2.24, 2.45) is 5.92 Å². The smallest absolute Gasteiger partial charge is 0.416 e. The van der Waals surface area contributed by atoms with Gasteiger partial charge in [-0.05, 0) is 60.4 Å². The molecule has 0 aliphatic heterocycles. The van der Waals surface area contributed by atoms with Gasteiger partial charge in [0.15, 0.2) is 0 Å². The molecule has 232 valence electrons. The SMILES string of the molecule is CC[C@H](C(=O)NCC(C)C)N(Cc1ccc(OC)cc1)C(=O)CN(c1cccc(C(F)(F)F)c1)S(=O)(=O)c1ccccc1. The maximum absolute atomic E-state index is 14.1. The van der Waals surface area contributed by atoms with Crippen molar-refractivity contribution in [3.63, 3.8) is 0 Å².